The zero-order valence-electron chi connectivity index (χ0n) is 17.8. The van der Waals surface area contributed by atoms with Crippen LogP contribution >= 0.6 is 11.3 Å². The quantitative estimate of drug-likeness (QED) is 0.347. The summed E-state index contributed by atoms with van der Waals surface area (Å²) in [7, 11) is -2.52. The van der Waals surface area contributed by atoms with Gasteiger partial charge in [0.05, 0.1) is 18.4 Å². The second kappa shape index (κ2) is 9.70. The van der Waals surface area contributed by atoms with E-state index in [1.54, 1.807) is 30.7 Å². The summed E-state index contributed by atoms with van der Waals surface area (Å²) in [6.07, 6.45) is 0. The molecule has 34 heavy (non-hydrogen) atoms. The fourth-order valence-corrected chi connectivity index (χ4v) is 5.52. The SMILES string of the molecule is COc1ccccc1-c1nc(C(=O)Nc2cccc(CS(=O)(=O)c3ccc(F)cc3F)c2)cs1. The molecule has 1 amide bonds. The van der Waals surface area contributed by atoms with E-state index >= 15 is 0 Å². The van der Waals surface area contributed by atoms with Gasteiger partial charge >= 0.3 is 0 Å². The van der Waals surface area contributed by atoms with E-state index in [1.807, 2.05) is 18.2 Å². The molecule has 0 saturated heterocycles. The van der Waals surface area contributed by atoms with Crippen LogP contribution in [0, 0.1) is 11.6 Å². The summed E-state index contributed by atoms with van der Waals surface area (Å²) in [4.78, 5) is 16.5. The lowest BCUT2D eigenvalue weighted by molar-refractivity contribution is 0.102. The molecule has 174 valence electrons. The first kappa shape index (κ1) is 23.5. The van der Waals surface area contributed by atoms with Crippen molar-refractivity contribution in [3.63, 3.8) is 0 Å². The maximum Gasteiger partial charge on any atom is 0.275 e. The Balaban J connectivity index is 1.51. The summed E-state index contributed by atoms with van der Waals surface area (Å²) < 4.78 is 57.7. The number of anilines is 1. The van der Waals surface area contributed by atoms with Gasteiger partial charge in [-0.15, -0.1) is 11.3 Å². The Morgan fingerprint density at radius 2 is 1.85 bits per heavy atom. The summed E-state index contributed by atoms with van der Waals surface area (Å²) in [6, 6.07) is 15.8. The van der Waals surface area contributed by atoms with E-state index in [0.29, 0.717) is 28.1 Å². The lowest BCUT2D eigenvalue weighted by Gasteiger charge is -2.09. The highest BCUT2D eigenvalue weighted by molar-refractivity contribution is 7.90. The van der Waals surface area contributed by atoms with Crippen LogP contribution in [-0.2, 0) is 15.6 Å². The van der Waals surface area contributed by atoms with Gasteiger partial charge in [-0.1, -0.05) is 24.3 Å². The van der Waals surface area contributed by atoms with Gasteiger partial charge in [-0.05, 0) is 42.0 Å². The van der Waals surface area contributed by atoms with Crippen molar-refractivity contribution in [1.82, 2.24) is 4.98 Å². The largest absolute Gasteiger partial charge is 0.496 e. The van der Waals surface area contributed by atoms with Crippen molar-refractivity contribution < 1.29 is 26.7 Å². The number of carbonyl (C=O) groups is 1. The van der Waals surface area contributed by atoms with Gasteiger partial charge in [-0.2, -0.15) is 0 Å². The van der Waals surface area contributed by atoms with Gasteiger partial charge in [0, 0.05) is 17.1 Å². The Bertz CT molecular complexity index is 1470. The summed E-state index contributed by atoms with van der Waals surface area (Å²) >= 11 is 1.29. The number of benzene rings is 3. The van der Waals surface area contributed by atoms with Crippen molar-refractivity contribution in [2.24, 2.45) is 0 Å². The van der Waals surface area contributed by atoms with Crippen LogP contribution in [0.2, 0.25) is 0 Å². The Labute approximate surface area is 198 Å². The zero-order chi connectivity index (χ0) is 24.3. The van der Waals surface area contributed by atoms with Crippen molar-refractivity contribution in [2.45, 2.75) is 10.6 Å². The summed E-state index contributed by atoms with van der Waals surface area (Å²) in [6.45, 7) is 0. The number of aromatic nitrogens is 1. The third-order valence-corrected chi connectivity index (χ3v) is 7.43. The topological polar surface area (TPSA) is 85.4 Å². The molecule has 0 atom stereocenters. The van der Waals surface area contributed by atoms with Crippen LogP contribution in [0.1, 0.15) is 16.1 Å². The van der Waals surface area contributed by atoms with E-state index in [9.17, 15) is 22.0 Å². The van der Waals surface area contributed by atoms with Crippen LogP contribution in [0.4, 0.5) is 14.5 Å². The number of hydrogen-bond acceptors (Lipinski definition) is 6. The lowest BCUT2D eigenvalue weighted by atomic mass is 10.2. The van der Waals surface area contributed by atoms with E-state index < -0.39 is 38.0 Å². The minimum absolute atomic E-state index is 0.192. The van der Waals surface area contributed by atoms with E-state index in [0.717, 1.165) is 17.7 Å². The van der Waals surface area contributed by atoms with Crippen molar-refractivity contribution in [1.29, 1.82) is 0 Å². The van der Waals surface area contributed by atoms with Gasteiger partial charge in [0.2, 0.25) is 0 Å². The number of nitrogens with one attached hydrogen (secondary N) is 1. The number of methoxy groups -OCH3 is 1. The molecule has 4 rings (SSSR count). The zero-order valence-corrected chi connectivity index (χ0v) is 19.4. The summed E-state index contributed by atoms with van der Waals surface area (Å²) in [5.41, 5.74) is 1.63. The number of carbonyl (C=O) groups excluding carboxylic acids is 1. The van der Waals surface area contributed by atoms with Gasteiger partial charge in [0.25, 0.3) is 5.91 Å². The molecule has 0 unspecified atom stereocenters. The molecule has 6 nitrogen and oxygen atoms in total. The minimum Gasteiger partial charge on any atom is -0.496 e. The van der Waals surface area contributed by atoms with Gasteiger partial charge in [-0.3, -0.25) is 4.79 Å². The predicted octanol–water partition coefficient (Wildman–Crippen LogP) is 5.32. The number of nitrogens with zero attached hydrogens (tertiary/aromatic N) is 1. The molecule has 0 spiro atoms. The fraction of sp³-hybridized carbons (Fsp3) is 0.0833. The third-order valence-electron chi connectivity index (χ3n) is 4.84. The molecule has 0 aliphatic rings. The molecular formula is C24H18F2N2O4S2. The van der Waals surface area contributed by atoms with Gasteiger partial charge in [0.15, 0.2) is 9.84 Å². The highest BCUT2D eigenvalue weighted by Gasteiger charge is 2.21. The number of para-hydroxylation sites is 1. The van der Waals surface area contributed by atoms with Crippen molar-refractivity contribution >= 4 is 32.8 Å². The molecule has 1 aromatic heterocycles. The predicted molar refractivity (Wildman–Crippen MR) is 126 cm³/mol. The van der Waals surface area contributed by atoms with Crippen LogP contribution in [0.3, 0.4) is 0 Å². The first-order chi connectivity index (χ1) is 16.3. The van der Waals surface area contributed by atoms with Crippen LogP contribution in [0.15, 0.2) is 77.0 Å². The molecule has 3 aromatic carbocycles. The molecule has 0 aliphatic heterocycles. The van der Waals surface area contributed by atoms with Crippen LogP contribution in [0.5, 0.6) is 5.75 Å². The van der Waals surface area contributed by atoms with E-state index in [2.05, 4.69) is 10.3 Å². The average Bonchev–Trinajstić information content (AvgIpc) is 3.29. The molecular weight excluding hydrogens is 482 g/mol. The maximum atomic E-state index is 14.0. The first-order valence-corrected chi connectivity index (χ1v) is 12.5. The van der Waals surface area contributed by atoms with Crippen molar-refractivity contribution in [3.05, 3.63) is 95.0 Å². The highest BCUT2D eigenvalue weighted by Crippen LogP contribution is 2.32. The number of amides is 1. The standard InChI is InChI=1S/C24H18F2N2O4S2/c1-32-21-8-3-2-7-18(21)24-28-20(13-33-24)23(29)27-17-6-4-5-15(11-17)14-34(30,31)22-10-9-16(25)12-19(22)26/h2-13H,14H2,1H3,(H,27,29). The molecule has 0 saturated carbocycles. The Kier molecular flexibility index (Phi) is 6.71. The Hall–Kier alpha value is -3.63. The van der Waals surface area contributed by atoms with Crippen LogP contribution in [-0.4, -0.2) is 26.4 Å². The third kappa shape index (κ3) is 5.13. The molecule has 1 heterocycles. The molecule has 1 N–H and O–H groups in total. The molecule has 10 heteroatoms. The summed E-state index contributed by atoms with van der Waals surface area (Å²) in [5, 5.41) is 4.92. The van der Waals surface area contributed by atoms with Gasteiger partial charge in [0.1, 0.15) is 33.0 Å². The van der Waals surface area contributed by atoms with Crippen LogP contribution in [0.25, 0.3) is 10.6 Å². The number of rotatable bonds is 7. The molecule has 0 radical (unpaired) electrons. The number of sulfone groups is 1. The number of halogens is 2. The first-order valence-electron chi connectivity index (χ1n) is 9.94. The number of hydrogen-bond donors (Lipinski definition) is 1. The highest BCUT2D eigenvalue weighted by atomic mass is 32.2. The lowest BCUT2D eigenvalue weighted by Crippen LogP contribution is -2.13. The van der Waals surface area contributed by atoms with Crippen molar-refractivity contribution in [2.75, 3.05) is 12.4 Å². The maximum absolute atomic E-state index is 14.0. The van der Waals surface area contributed by atoms with Crippen LogP contribution < -0.4 is 10.1 Å². The molecule has 0 bridgehead atoms. The van der Waals surface area contributed by atoms with E-state index in [4.69, 9.17) is 4.74 Å². The molecule has 0 aliphatic carbocycles. The number of thiazole rings is 1. The van der Waals surface area contributed by atoms with E-state index in [-0.39, 0.29) is 5.69 Å². The monoisotopic (exact) mass is 500 g/mol. The van der Waals surface area contributed by atoms with Gasteiger partial charge < -0.3 is 10.1 Å². The molecule has 0 fully saturated rings. The Morgan fingerprint density at radius 3 is 2.62 bits per heavy atom. The second-order valence-corrected chi connectivity index (χ2v) is 10.0. The van der Waals surface area contributed by atoms with Gasteiger partial charge in [-0.25, -0.2) is 22.2 Å². The number of ether oxygens (including phenoxy) is 1. The average molecular weight is 501 g/mol. The molecule has 4 aromatic rings. The summed E-state index contributed by atoms with van der Waals surface area (Å²) in [5.74, 6) is -2.37. The van der Waals surface area contributed by atoms with Crippen molar-refractivity contribution in [3.8, 4) is 16.3 Å². The second-order valence-electron chi connectivity index (χ2n) is 7.23. The fourth-order valence-electron chi connectivity index (χ4n) is 3.28. The van der Waals surface area contributed by atoms with E-state index in [1.165, 1.54) is 23.5 Å². The smallest absolute Gasteiger partial charge is 0.275 e. The minimum atomic E-state index is -4.07. The normalized spacial score (nSPS) is 11.3. The Morgan fingerprint density at radius 1 is 1.06 bits per heavy atom.